The molecule has 0 spiro atoms. The summed E-state index contributed by atoms with van der Waals surface area (Å²) in [5.74, 6) is 0.279. The summed E-state index contributed by atoms with van der Waals surface area (Å²) in [6.45, 7) is 3.08. The Morgan fingerprint density at radius 3 is 2.86 bits per heavy atom. The number of amides is 1. The van der Waals surface area contributed by atoms with E-state index in [1.54, 1.807) is 0 Å². The third kappa shape index (κ3) is 3.63. The first-order valence-electron chi connectivity index (χ1n) is 9.83. The molecular weight excluding hydrogens is 368 g/mol. The number of rotatable bonds is 6. The number of ether oxygens (including phenoxy) is 2. The molecule has 0 bridgehead atoms. The maximum absolute atomic E-state index is 12.5. The van der Waals surface area contributed by atoms with Crippen molar-refractivity contribution in [1.82, 2.24) is 5.32 Å². The Kier molecular flexibility index (Phi) is 5.36. The highest BCUT2D eigenvalue weighted by Crippen LogP contribution is 2.41. The highest BCUT2D eigenvalue weighted by Gasteiger charge is 2.32. The topological polar surface area (TPSA) is 76.7 Å². The van der Waals surface area contributed by atoms with E-state index >= 15 is 0 Å². The van der Waals surface area contributed by atoms with Crippen LogP contribution >= 0.6 is 0 Å². The lowest BCUT2D eigenvalue weighted by Crippen LogP contribution is -2.38. The lowest BCUT2D eigenvalue weighted by Gasteiger charge is -2.14. The van der Waals surface area contributed by atoms with Crippen molar-refractivity contribution < 1.29 is 19.1 Å². The van der Waals surface area contributed by atoms with Gasteiger partial charge in [0.1, 0.15) is 18.4 Å². The Morgan fingerprint density at radius 2 is 2.07 bits per heavy atom. The standard InChI is InChI=1S/C23H24N2O4/c1-3-18(23(27)28-2)24-11-10-14-8-9-16-15(12-14)13-29-21(16)20-17-6-4-5-7-19(17)25-22(20)26/h4-9,12,18,24H,3,10-11,13H2,1-2H3,(H,25,26)/b21-20+. The zero-order chi connectivity index (χ0) is 20.4. The van der Waals surface area contributed by atoms with E-state index in [0.29, 0.717) is 30.9 Å². The molecule has 2 aromatic rings. The molecule has 2 N–H and O–H groups in total. The summed E-state index contributed by atoms with van der Waals surface area (Å²) in [6.07, 6.45) is 1.47. The van der Waals surface area contributed by atoms with Crippen molar-refractivity contribution in [3.8, 4) is 0 Å². The molecule has 0 aliphatic carbocycles. The fourth-order valence-corrected chi connectivity index (χ4v) is 3.85. The molecule has 150 valence electrons. The predicted molar refractivity (Wildman–Crippen MR) is 111 cm³/mol. The Hall–Kier alpha value is -3.12. The first-order chi connectivity index (χ1) is 14.1. The number of carbonyl (C=O) groups excluding carboxylic acids is 2. The smallest absolute Gasteiger partial charge is 0.322 e. The zero-order valence-electron chi connectivity index (χ0n) is 16.6. The van der Waals surface area contributed by atoms with Crippen LogP contribution < -0.4 is 10.6 Å². The average molecular weight is 392 g/mol. The van der Waals surface area contributed by atoms with Gasteiger partial charge in [-0.05, 0) is 31.0 Å². The summed E-state index contributed by atoms with van der Waals surface area (Å²) in [5.41, 5.74) is 5.48. The van der Waals surface area contributed by atoms with Crippen LogP contribution in [0.4, 0.5) is 5.69 Å². The number of benzene rings is 2. The third-order valence-electron chi connectivity index (χ3n) is 5.38. The molecule has 1 atom stereocenters. The molecule has 0 radical (unpaired) electrons. The van der Waals surface area contributed by atoms with Crippen LogP contribution in [0.3, 0.4) is 0 Å². The quantitative estimate of drug-likeness (QED) is 0.584. The molecule has 6 heteroatoms. The molecule has 2 aliphatic rings. The van der Waals surface area contributed by atoms with E-state index in [4.69, 9.17) is 9.47 Å². The Labute approximate surface area is 169 Å². The summed E-state index contributed by atoms with van der Waals surface area (Å²) in [4.78, 5) is 24.2. The van der Waals surface area contributed by atoms with Gasteiger partial charge in [-0.3, -0.25) is 9.59 Å². The molecule has 1 unspecified atom stereocenters. The Balaban J connectivity index is 1.52. The molecule has 6 nitrogen and oxygen atoms in total. The number of hydrogen-bond acceptors (Lipinski definition) is 5. The second-order valence-corrected chi connectivity index (χ2v) is 7.17. The molecular formula is C23H24N2O4. The molecule has 29 heavy (non-hydrogen) atoms. The second-order valence-electron chi connectivity index (χ2n) is 7.17. The molecule has 2 aliphatic heterocycles. The molecule has 0 fully saturated rings. The van der Waals surface area contributed by atoms with Gasteiger partial charge in [-0.2, -0.15) is 0 Å². The molecule has 0 saturated heterocycles. The van der Waals surface area contributed by atoms with Crippen molar-refractivity contribution in [2.75, 3.05) is 19.0 Å². The maximum atomic E-state index is 12.5. The summed E-state index contributed by atoms with van der Waals surface area (Å²) in [6, 6.07) is 13.5. The Bertz CT molecular complexity index is 996. The van der Waals surface area contributed by atoms with Gasteiger partial charge in [0, 0.05) is 22.4 Å². The van der Waals surface area contributed by atoms with E-state index in [1.807, 2.05) is 43.3 Å². The van der Waals surface area contributed by atoms with Gasteiger partial charge in [0.2, 0.25) is 0 Å². The number of carbonyl (C=O) groups is 2. The first kappa shape index (κ1) is 19.2. The minimum atomic E-state index is -0.282. The molecule has 2 heterocycles. The largest absolute Gasteiger partial charge is 0.487 e. The van der Waals surface area contributed by atoms with Crippen LogP contribution in [0.1, 0.15) is 35.6 Å². The summed E-state index contributed by atoms with van der Waals surface area (Å²) in [7, 11) is 1.41. The van der Waals surface area contributed by atoms with Gasteiger partial charge in [-0.25, -0.2) is 0 Å². The van der Waals surface area contributed by atoms with Crippen molar-refractivity contribution in [2.45, 2.75) is 32.4 Å². The molecule has 1 amide bonds. The fourth-order valence-electron chi connectivity index (χ4n) is 3.85. The van der Waals surface area contributed by atoms with E-state index in [2.05, 4.69) is 16.7 Å². The molecule has 0 aromatic heterocycles. The minimum Gasteiger partial charge on any atom is -0.487 e. The van der Waals surface area contributed by atoms with Gasteiger partial charge in [0.25, 0.3) is 5.91 Å². The average Bonchev–Trinajstić information content (AvgIpc) is 3.29. The second kappa shape index (κ2) is 8.09. The fraction of sp³-hybridized carbons (Fsp3) is 0.304. The van der Waals surface area contributed by atoms with Crippen LogP contribution in [0.2, 0.25) is 0 Å². The predicted octanol–water partition coefficient (Wildman–Crippen LogP) is 3.12. The number of esters is 1. The number of fused-ring (bicyclic) bond motifs is 2. The van der Waals surface area contributed by atoms with E-state index in [0.717, 1.165) is 34.4 Å². The van der Waals surface area contributed by atoms with Gasteiger partial charge in [0.15, 0.2) is 0 Å². The van der Waals surface area contributed by atoms with Gasteiger partial charge in [-0.1, -0.05) is 43.3 Å². The third-order valence-corrected chi connectivity index (χ3v) is 5.38. The first-order valence-corrected chi connectivity index (χ1v) is 9.83. The highest BCUT2D eigenvalue weighted by atomic mass is 16.5. The van der Waals surface area contributed by atoms with Crippen LogP contribution in [-0.2, 0) is 32.1 Å². The normalized spacial score (nSPS) is 17.9. The number of para-hydroxylation sites is 1. The van der Waals surface area contributed by atoms with Crippen molar-refractivity contribution in [2.24, 2.45) is 0 Å². The number of nitrogens with one attached hydrogen (secondary N) is 2. The van der Waals surface area contributed by atoms with E-state index in [-0.39, 0.29) is 17.9 Å². The minimum absolute atomic E-state index is 0.129. The van der Waals surface area contributed by atoms with E-state index in [9.17, 15) is 9.59 Å². The number of methoxy groups -OCH3 is 1. The monoisotopic (exact) mass is 392 g/mol. The van der Waals surface area contributed by atoms with Crippen molar-refractivity contribution in [1.29, 1.82) is 0 Å². The molecule has 4 rings (SSSR count). The lowest BCUT2D eigenvalue weighted by atomic mass is 9.98. The van der Waals surface area contributed by atoms with Crippen LogP contribution in [0, 0.1) is 0 Å². The van der Waals surface area contributed by atoms with Crippen LogP contribution in [0.15, 0.2) is 42.5 Å². The van der Waals surface area contributed by atoms with E-state index in [1.165, 1.54) is 7.11 Å². The Morgan fingerprint density at radius 1 is 1.24 bits per heavy atom. The SMILES string of the molecule is CCC(NCCc1ccc2c(c1)CO/C2=C1/C(=O)Nc2ccccc21)C(=O)OC. The van der Waals surface area contributed by atoms with Gasteiger partial charge in [-0.15, -0.1) is 0 Å². The van der Waals surface area contributed by atoms with Crippen molar-refractivity contribution in [3.63, 3.8) is 0 Å². The number of anilines is 1. The van der Waals surface area contributed by atoms with Crippen LogP contribution in [0.25, 0.3) is 11.3 Å². The summed E-state index contributed by atoms with van der Waals surface area (Å²) in [5, 5.41) is 6.14. The summed E-state index contributed by atoms with van der Waals surface area (Å²) >= 11 is 0. The van der Waals surface area contributed by atoms with Gasteiger partial charge < -0.3 is 20.1 Å². The highest BCUT2D eigenvalue weighted by molar-refractivity contribution is 6.36. The van der Waals surface area contributed by atoms with Crippen molar-refractivity contribution in [3.05, 3.63) is 64.7 Å². The van der Waals surface area contributed by atoms with Crippen LogP contribution in [-0.4, -0.2) is 31.6 Å². The van der Waals surface area contributed by atoms with Gasteiger partial charge >= 0.3 is 5.97 Å². The summed E-state index contributed by atoms with van der Waals surface area (Å²) < 4.78 is 10.7. The van der Waals surface area contributed by atoms with E-state index < -0.39 is 0 Å². The van der Waals surface area contributed by atoms with Gasteiger partial charge in [0.05, 0.1) is 12.7 Å². The maximum Gasteiger partial charge on any atom is 0.322 e. The molecule has 2 aromatic carbocycles. The zero-order valence-corrected chi connectivity index (χ0v) is 16.6. The van der Waals surface area contributed by atoms with Crippen molar-refractivity contribution >= 4 is 28.9 Å². The lowest BCUT2D eigenvalue weighted by molar-refractivity contribution is -0.143. The number of hydrogen-bond donors (Lipinski definition) is 2. The van der Waals surface area contributed by atoms with Crippen LogP contribution in [0.5, 0.6) is 0 Å². The molecule has 0 saturated carbocycles.